The van der Waals surface area contributed by atoms with Crippen molar-refractivity contribution in [3.63, 3.8) is 0 Å². The van der Waals surface area contributed by atoms with Gasteiger partial charge in [-0.3, -0.25) is 0 Å². The Morgan fingerprint density at radius 1 is 0.316 bits per heavy atom. The van der Waals surface area contributed by atoms with Gasteiger partial charge in [0.2, 0.25) is 0 Å². The first-order valence-electron chi connectivity index (χ1n) is 19.1. The molecule has 0 saturated heterocycles. The molecule has 0 atom stereocenters. The molecule has 3 aromatic heterocycles. The lowest BCUT2D eigenvalue weighted by atomic mass is 9.93. The predicted octanol–water partition coefficient (Wildman–Crippen LogP) is 13.0. The van der Waals surface area contributed by atoms with Gasteiger partial charge in [-0.05, 0) is 70.4 Å². The van der Waals surface area contributed by atoms with Crippen LogP contribution in [0.4, 0.5) is 0 Å². The van der Waals surface area contributed by atoms with E-state index in [-0.39, 0.29) is 0 Å². The molecule has 11 rings (SSSR count). The summed E-state index contributed by atoms with van der Waals surface area (Å²) in [6, 6.07) is 69.7. The van der Waals surface area contributed by atoms with Crippen molar-refractivity contribution in [2.24, 2.45) is 0 Å². The largest absolute Gasteiger partial charge is 0.309 e. The third kappa shape index (κ3) is 5.64. The Labute approximate surface area is 329 Å². The molecule has 0 bridgehead atoms. The molecule has 8 aromatic carbocycles. The molecule has 57 heavy (non-hydrogen) atoms. The van der Waals surface area contributed by atoms with Gasteiger partial charge in [0.25, 0.3) is 0 Å². The fourth-order valence-electron chi connectivity index (χ4n) is 8.19. The molecule has 0 aliphatic heterocycles. The predicted molar refractivity (Wildman–Crippen MR) is 234 cm³/mol. The van der Waals surface area contributed by atoms with Crippen molar-refractivity contribution in [3.05, 3.63) is 200 Å². The van der Waals surface area contributed by atoms with E-state index in [0.717, 1.165) is 66.4 Å². The highest BCUT2D eigenvalue weighted by Crippen LogP contribution is 2.40. The van der Waals surface area contributed by atoms with Gasteiger partial charge in [0, 0.05) is 44.1 Å². The third-order valence-electron chi connectivity index (χ3n) is 10.9. The van der Waals surface area contributed by atoms with Crippen LogP contribution in [0.3, 0.4) is 0 Å². The minimum Gasteiger partial charge on any atom is -0.309 e. The molecule has 11 aromatic rings. The van der Waals surface area contributed by atoms with Crippen molar-refractivity contribution in [2.75, 3.05) is 0 Å². The molecular formula is C52H33N5. The van der Waals surface area contributed by atoms with Crippen LogP contribution in [0.15, 0.2) is 200 Å². The summed E-state index contributed by atoms with van der Waals surface area (Å²) in [4.78, 5) is 20.6. The SMILES string of the molecule is c1ccc(-c2cc(-c3ccccc3)c3c(ccc4c(-c5nc(-c6ccccc6)nc(-c6ccc(-n7c8ccccc8c8ccccc87)cc6)n5)cccc43)n2)cc1. The summed E-state index contributed by atoms with van der Waals surface area (Å²) in [5, 5.41) is 5.71. The molecule has 5 nitrogen and oxygen atoms in total. The molecular weight excluding hydrogens is 695 g/mol. The normalized spacial score (nSPS) is 11.5. The summed E-state index contributed by atoms with van der Waals surface area (Å²) in [5.74, 6) is 1.86. The van der Waals surface area contributed by atoms with Crippen molar-refractivity contribution < 1.29 is 0 Å². The molecule has 0 fully saturated rings. The molecule has 0 spiro atoms. The van der Waals surface area contributed by atoms with Gasteiger partial charge < -0.3 is 4.57 Å². The molecule has 0 radical (unpaired) electrons. The summed E-state index contributed by atoms with van der Waals surface area (Å²) in [7, 11) is 0. The first-order valence-corrected chi connectivity index (χ1v) is 19.1. The topological polar surface area (TPSA) is 56.5 Å². The number of fused-ring (bicyclic) bond motifs is 6. The number of pyridine rings is 1. The highest BCUT2D eigenvalue weighted by Gasteiger charge is 2.18. The summed E-state index contributed by atoms with van der Waals surface area (Å²) in [6.07, 6.45) is 0. The van der Waals surface area contributed by atoms with E-state index in [1.807, 2.05) is 36.4 Å². The minimum atomic E-state index is 0.615. The second kappa shape index (κ2) is 13.5. The summed E-state index contributed by atoms with van der Waals surface area (Å²) in [6.45, 7) is 0. The first kappa shape index (κ1) is 32.7. The van der Waals surface area contributed by atoms with Crippen LogP contribution in [0.25, 0.3) is 106 Å². The molecule has 0 aliphatic carbocycles. The molecule has 3 heterocycles. The fourth-order valence-corrected chi connectivity index (χ4v) is 8.19. The average molecular weight is 728 g/mol. The van der Waals surface area contributed by atoms with Crippen molar-refractivity contribution in [1.29, 1.82) is 0 Å². The molecule has 0 aliphatic rings. The first-order chi connectivity index (χ1) is 28.3. The van der Waals surface area contributed by atoms with Gasteiger partial charge in [0.15, 0.2) is 17.5 Å². The zero-order valence-corrected chi connectivity index (χ0v) is 30.8. The van der Waals surface area contributed by atoms with E-state index in [2.05, 4.69) is 168 Å². The molecule has 5 heteroatoms. The number of nitrogens with zero attached hydrogens (tertiary/aromatic N) is 5. The van der Waals surface area contributed by atoms with Crippen molar-refractivity contribution in [1.82, 2.24) is 24.5 Å². The Kier molecular flexibility index (Phi) is 7.74. The summed E-state index contributed by atoms with van der Waals surface area (Å²) in [5.41, 5.74) is 11.4. The maximum Gasteiger partial charge on any atom is 0.164 e. The summed E-state index contributed by atoms with van der Waals surface area (Å²) >= 11 is 0. The standard InChI is InChI=1S/C52H33N5/c1-4-15-34(16-5-1)44-33-46(35-17-6-2-7-18-35)53-45-32-31-39-42(49(44)45)23-14-24-43(39)52-55-50(36-19-8-3-9-20-36)54-51(56-52)37-27-29-38(30-28-37)57-47-25-12-10-21-40(47)41-22-11-13-26-48(41)57/h1-33H. The van der Waals surface area contributed by atoms with Crippen LogP contribution >= 0.6 is 0 Å². The quantitative estimate of drug-likeness (QED) is 0.160. The highest BCUT2D eigenvalue weighted by molar-refractivity contribution is 6.16. The summed E-state index contributed by atoms with van der Waals surface area (Å²) < 4.78 is 2.32. The van der Waals surface area contributed by atoms with E-state index in [9.17, 15) is 0 Å². The van der Waals surface area contributed by atoms with Gasteiger partial charge in [0.05, 0.1) is 22.2 Å². The van der Waals surface area contributed by atoms with Crippen molar-refractivity contribution >= 4 is 43.5 Å². The van der Waals surface area contributed by atoms with E-state index >= 15 is 0 Å². The van der Waals surface area contributed by atoms with Crippen LogP contribution in [-0.4, -0.2) is 24.5 Å². The minimum absolute atomic E-state index is 0.615. The van der Waals surface area contributed by atoms with Gasteiger partial charge >= 0.3 is 0 Å². The van der Waals surface area contributed by atoms with Crippen LogP contribution < -0.4 is 0 Å². The second-order valence-corrected chi connectivity index (χ2v) is 14.2. The number of benzene rings is 8. The Morgan fingerprint density at radius 2 is 0.842 bits per heavy atom. The van der Waals surface area contributed by atoms with E-state index in [1.165, 1.54) is 21.8 Å². The van der Waals surface area contributed by atoms with Crippen LogP contribution in [0.5, 0.6) is 0 Å². The van der Waals surface area contributed by atoms with E-state index in [1.54, 1.807) is 0 Å². The lowest BCUT2D eigenvalue weighted by molar-refractivity contribution is 1.07. The second-order valence-electron chi connectivity index (χ2n) is 14.2. The lowest BCUT2D eigenvalue weighted by Crippen LogP contribution is -2.01. The van der Waals surface area contributed by atoms with Crippen LogP contribution in [0.2, 0.25) is 0 Å². The maximum atomic E-state index is 5.21. The Morgan fingerprint density at radius 3 is 1.49 bits per heavy atom. The van der Waals surface area contributed by atoms with Crippen LogP contribution in [0, 0.1) is 0 Å². The van der Waals surface area contributed by atoms with Crippen LogP contribution in [0.1, 0.15) is 0 Å². The maximum absolute atomic E-state index is 5.21. The number of hydrogen-bond acceptors (Lipinski definition) is 4. The van der Waals surface area contributed by atoms with Gasteiger partial charge in [-0.25, -0.2) is 19.9 Å². The van der Waals surface area contributed by atoms with E-state index in [0.29, 0.717) is 17.5 Å². The average Bonchev–Trinajstić information content (AvgIpc) is 3.63. The Balaban J connectivity index is 1.09. The van der Waals surface area contributed by atoms with E-state index < -0.39 is 0 Å². The van der Waals surface area contributed by atoms with Crippen molar-refractivity contribution in [3.8, 4) is 62.2 Å². The van der Waals surface area contributed by atoms with Gasteiger partial charge in [-0.15, -0.1) is 0 Å². The molecule has 266 valence electrons. The van der Waals surface area contributed by atoms with Crippen molar-refractivity contribution in [2.45, 2.75) is 0 Å². The highest BCUT2D eigenvalue weighted by atomic mass is 15.0. The number of aromatic nitrogens is 5. The molecule has 0 N–H and O–H groups in total. The van der Waals surface area contributed by atoms with Gasteiger partial charge in [0.1, 0.15) is 0 Å². The molecule has 0 saturated carbocycles. The third-order valence-corrected chi connectivity index (χ3v) is 10.9. The molecule has 0 amide bonds. The Bertz CT molecular complexity index is 3210. The molecule has 0 unspecified atom stereocenters. The lowest BCUT2D eigenvalue weighted by Gasteiger charge is -2.15. The smallest absolute Gasteiger partial charge is 0.164 e. The fraction of sp³-hybridized carbons (Fsp3) is 0. The van der Waals surface area contributed by atoms with Gasteiger partial charge in [-0.1, -0.05) is 152 Å². The monoisotopic (exact) mass is 727 g/mol. The zero-order chi connectivity index (χ0) is 37.7. The van der Waals surface area contributed by atoms with E-state index in [4.69, 9.17) is 19.9 Å². The van der Waals surface area contributed by atoms with Gasteiger partial charge in [-0.2, -0.15) is 0 Å². The number of rotatable bonds is 6. The number of para-hydroxylation sites is 2. The number of hydrogen-bond donors (Lipinski definition) is 0. The zero-order valence-electron chi connectivity index (χ0n) is 30.8. The van der Waals surface area contributed by atoms with Crippen LogP contribution in [-0.2, 0) is 0 Å². The Hall–Kier alpha value is -7.76.